The van der Waals surface area contributed by atoms with Gasteiger partial charge in [0.15, 0.2) is 0 Å². The maximum absolute atomic E-state index is 11.1. The lowest BCUT2D eigenvalue weighted by atomic mass is 10.1. The van der Waals surface area contributed by atoms with Gasteiger partial charge in [-0.2, -0.15) is 0 Å². The van der Waals surface area contributed by atoms with Crippen LogP contribution in [0, 0.1) is 0 Å². The molecule has 7 heteroatoms. The van der Waals surface area contributed by atoms with Crippen LogP contribution in [-0.4, -0.2) is 33.0 Å². The molecule has 6 nitrogen and oxygen atoms in total. The first-order valence-electron chi connectivity index (χ1n) is 6.46. The number of benzene rings is 1. The highest BCUT2D eigenvalue weighted by Gasteiger charge is 2.16. The molecule has 1 aromatic carbocycles. The minimum absolute atomic E-state index is 0.0306. The molecule has 0 spiro atoms. The Morgan fingerprint density at radius 2 is 2.23 bits per heavy atom. The van der Waals surface area contributed by atoms with Crippen LogP contribution in [0.2, 0.25) is 5.02 Å². The van der Waals surface area contributed by atoms with Gasteiger partial charge in [0.05, 0.1) is 19.2 Å². The van der Waals surface area contributed by atoms with Gasteiger partial charge >= 0.3 is 5.97 Å². The van der Waals surface area contributed by atoms with E-state index in [2.05, 4.69) is 10.1 Å². The van der Waals surface area contributed by atoms with Crippen molar-refractivity contribution in [1.29, 1.82) is 0 Å². The molecule has 1 N–H and O–H groups in total. The maximum Gasteiger partial charge on any atom is 0.342 e. The minimum atomic E-state index is -1.07. The summed E-state index contributed by atoms with van der Waals surface area (Å²) in [5.41, 5.74) is 1.74. The quantitative estimate of drug-likeness (QED) is 0.800. The first kappa shape index (κ1) is 14.3. The van der Waals surface area contributed by atoms with Crippen molar-refractivity contribution in [3.05, 3.63) is 52.8 Å². The number of carboxylic acids is 1. The van der Waals surface area contributed by atoms with Crippen molar-refractivity contribution in [3.63, 3.8) is 0 Å². The van der Waals surface area contributed by atoms with E-state index in [1.165, 1.54) is 18.0 Å². The summed E-state index contributed by atoms with van der Waals surface area (Å²) < 4.78 is 6.48. The first-order valence-corrected chi connectivity index (χ1v) is 6.83. The molecule has 2 heterocycles. The molecule has 0 aliphatic rings. The fourth-order valence-corrected chi connectivity index (χ4v) is 2.36. The molecule has 0 saturated carbocycles. The molecule has 0 unspecified atom stereocenters. The van der Waals surface area contributed by atoms with E-state index in [-0.39, 0.29) is 11.4 Å². The number of rotatable bonds is 4. The van der Waals surface area contributed by atoms with Crippen molar-refractivity contribution < 1.29 is 14.6 Å². The molecule has 3 rings (SSSR count). The molecule has 2 aromatic heterocycles. The van der Waals surface area contributed by atoms with E-state index in [1.807, 2.05) is 12.1 Å². The molecule has 0 saturated heterocycles. The number of fused-ring (bicyclic) bond motifs is 1. The van der Waals surface area contributed by atoms with Gasteiger partial charge in [-0.3, -0.25) is 9.67 Å². The lowest BCUT2D eigenvalue weighted by Gasteiger charge is -2.04. The Labute approximate surface area is 130 Å². The summed E-state index contributed by atoms with van der Waals surface area (Å²) in [6.07, 6.45) is 3.15. The standard InChI is InChI=1S/C15H12ClN3O3/c1-22-14-12(15(20)21)8-19(18-14)7-9-4-10-2-3-11(16)5-13(10)17-6-9/h2-6,8H,7H2,1H3,(H,20,21). The van der Waals surface area contributed by atoms with E-state index in [1.54, 1.807) is 18.3 Å². The Kier molecular flexibility index (Phi) is 3.68. The van der Waals surface area contributed by atoms with Gasteiger partial charge in [0, 0.05) is 22.8 Å². The maximum atomic E-state index is 11.1. The predicted molar refractivity (Wildman–Crippen MR) is 81.6 cm³/mol. The molecule has 0 atom stereocenters. The molecule has 3 aromatic rings. The SMILES string of the molecule is COc1nn(Cc2cnc3cc(Cl)ccc3c2)cc1C(=O)O. The van der Waals surface area contributed by atoms with Crippen molar-refractivity contribution in [2.45, 2.75) is 6.54 Å². The van der Waals surface area contributed by atoms with Gasteiger partial charge in [-0.1, -0.05) is 17.7 Å². The van der Waals surface area contributed by atoms with Crippen molar-refractivity contribution in [3.8, 4) is 5.88 Å². The average molecular weight is 318 g/mol. The van der Waals surface area contributed by atoms with Gasteiger partial charge in [0.2, 0.25) is 5.88 Å². The van der Waals surface area contributed by atoms with Crippen LogP contribution in [0.15, 0.2) is 36.7 Å². The largest absolute Gasteiger partial charge is 0.479 e. The fourth-order valence-electron chi connectivity index (χ4n) is 2.20. The summed E-state index contributed by atoms with van der Waals surface area (Å²) in [6, 6.07) is 7.45. The van der Waals surface area contributed by atoms with Gasteiger partial charge in [-0.05, 0) is 23.8 Å². The van der Waals surface area contributed by atoms with Crippen LogP contribution in [0.1, 0.15) is 15.9 Å². The van der Waals surface area contributed by atoms with Crippen molar-refractivity contribution in [1.82, 2.24) is 14.8 Å². The summed E-state index contributed by atoms with van der Waals surface area (Å²) in [4.78, 5) is 15.4. The van der Waals surface area contributed by atoms with Gasteiger partial charge in [0.1, 0.15) is 5.56 Å². The molecular weight excluding hydrogens is 306 g/mol. The minimum Gasteiger partial charge on any atom is -0.479 e. The summed E-state index contributed by atoms with van der Waals surface area (Å²) >= 11 is 5.93. The Bertz CT molecular complexity index is 860. The molecule has 22 heavy (non-hydrogen) atoms. The van der Waals surface area contributed by atoms with E-state index in [9.17, 15) is 4.79 Å². The molecule has 112 valence electrons. The van der Waals surface area contributed by atoms with Crippen LogP contribution >= 0.6 is 11.6 Å². The molecule has 0 bridgehead atoms. The average Bonchev–Trinajstić information content (AvgIpc) is 2.90. The van der Waals surface area contributed by atoms with Crippen molar-refractivity contribution >= 4 is 28.5 Å². The number of nitrogens with zero attached hydrogens (tertiary/aromatic N) is 3. The van der Waals surface area contributed by atoms with Gasteiger partial charge in [-0.25, -0.2) is 4.79 Å². The number of pyridine rings is 1. The third-order valence-electron chi connectivity index (χ3n) is 3.20. The van der Waals surface area contributed by atoms with Crippen LogP contribution < -0.4 is 4.74 Å². The summed E-state index contributed by atoms with van der Waals surface area (Å²) in [5, 5.41) is 14.8. The van der Waals surface area contributed by atoms with Gasteiger partial charge in [0.25, 0.3) is 0 Å². The zero-order valence-corrected chi connectivity index (χ0v) is 12.4. The Balaban J connectivity index is 1.92. The number of hydrogen-bond donors (Lipinski definition) is 1. The van der Waals surface area contributed by atoms with E-state index in [0.29, 0.717) is 11.6 Å². The molecule has 0 amide bonds. The second kappa shape index (κ2) is 5.65. The van der Waals surface area contributed by atoms with Crippen LogP contribution in [0.4, 0.5) is 0 Å². The number of aromatic carboxylic acids is 1. The third-order valence-corrected chi connectivity index (χ3v) is 3.43. The number of methoxy groups -OCH3 is 1. The molecule has 0 aliphatic carbocycles. The Morgan fingerprint density at radius 3 is 2.91 bits per heavy atom. The highest BCUT2D eigenvalue weighted by atomic mass is 35.5. The zero-order chi connectivity index (χ0) is 15.7. The van der Waals surface area contributed by atoms with Crippen molar-refractivity contribution in [2.24, 2.45) is 0 Å². The van der Waals surface area contributed by atoms with Gasteiger partial charge in [-0.15, -0.1) is 5.10 Å². The molecule has 0 fully saturated rings. The van der Waals surface area contributed by atoms with Crippen molar-refractivity contribution in [2.75, 3.05) is 7.11 Å². The Hall–Kier alpha value is -2.60. The number of halogens is 1. The molecule has 0 aliphatic heterocycles. The second-order valence-electron chi connectivity index (χ2n) is 4.74. The Morgan fingerprint density at radius 1 is 1.41 bits per heavy atom. The third kappa shape index (κ3) is 2.73. The summed E-state index contributed by atoms with van der Waals surface area (Å²) in [5.74, 6) is -0.984. The normalized spacial score (nSPS) is 10.8. The van der Waals surface area contributed by atoms with Crippen LogP contribution in [0.25, 0.3) is 10.9 Å². The van der Waals surface area contributed by atoms with Gasteiger partial charge < -0.3 is 9.84 Å². The highest BCUT2D eigenvalue weighted by Crippen LogP contribution is 2.20. The van der Waals surface area contributed by atoms with Crippen LogP contribution in [0.5, 0.6) is 5.88 Å². The van der Waals surface area contributed by atoms with E-state index in [0.717, 1.165) is 16.5 Å². The zero-order valence-electron chi connectivity index (χ0n) is 11.7. The predicted octanol–water partition coefficient (Wildman–Crippen LogP) is 2.84. The molecular formula is C15H12ClN3O3. The van der Waals surface area contributed by atoms with E-state index < -0.39 is 5.97 Å². The number of ether oxygens (including phenoxy) is 1. The second-order valence-corrected chi connectivity index (χ2v) is 5.17. The molecule has 0 radical (unpaired) electrons. The highest BCUT2D eigenvalue weighted by molar-refractivity contribution is 6.31. The summed E-state index contributed by atoms with van der Waals surface area (Å²) in [6.45, 7) is 0.398. The lowest BCUT2D eigenvalue weighted by Crippen LogP contribution is -2.01. The lowest BCUT2D eigenvalue weighted by molar-refractivity contribution is 0.0693. The van der Waals surface area contributed by atoms with Crippen LogP contribution in [0.3, 0.4) is 0 Å². The number of hydrogen-bond acceptors (Lipinski definition) is 4. The first-order chi connectivity index (χ1) is 10.6. The fraction of sp³-hybridized carbons (Fsp3) is 0.133. The number of aromatic nitrogens is 3. The van der Waals surface area contributed by atoms with Crippen LogP contribution in [-0.2, 0) is 6.54 Å². The smallest absolute Gasteiger partial charge is 0.342 e. The number of carbonyl (C=O) groups is 1. The summed E-state index contributed by atoms with van der Waals surface area (Å²) in [7, 11) is 1.39. The van der Waals surface area contributed by atoms with E-state index in [4.69, 9.17) is 21.4 Å². The monoisotopic (exact) mass is 317 g/mol. The topological polar surface area (TPSA) is 77.2 Å². The number of carboxylic acid groups (broad SMARTS) is 1. The van der Waals surface area contributed by atoms with E-state index >= 15 is 0 Å².